The lowest BCUT2D eigenvalue weighted by Gasteiger charge is -2.43. The molecule has 2 aliphatic rings. The van der Waals surface area contributed by atoms with Crippen molar-refractivity contribution in [3.05, 3.63) is 30.3 Å². The number of anilines is 1. The minimum Gasteiger partial charge on any atom is -0.354 e. The Kier molecular flexibility index (Phi) is 7.08. The number of piperidine rings is 1. The maximum Gasteiger partial charge on any atom is 0.319 e. The van der Waals surface area contributed by atoms with E-state index < -0.39 is 5.54 Å². The molecule has 2 fully saturated rings. The minimum atomic E-state index is -0.721. The normalized spacial score (nSPS) is 19.0. The zero-order valence-electron chi connectivity index (χ0n) is 19.1. The number of nitrogens with one attached hydrogen (secondary N) is 1. The van der Waals surface area contributed by atoms with Crippen molar-refractivity contribution < 1.29 is 14.4 Å². The Labute approximate surface area is 185 Å². The lowest BCUT2D eigenvalue weighted by Crippen LogP contribution is -2.58. The van der Waals surface area contributed by atoms with Crippen LogP contribution in [0.2, 0.25) is 0 Å². The second kappa shape index (κ2) is 9.58. The molecule has 1 aromatic rings. The summed E-state index contributed by atoms with van der Waals surface area (Å²) in [6, 6.07) is 9.83. The Hall–Kier alpha value is -2.77. The van der Waals surface area contributed by atoms with Gasteiger partial charge in [-0.25, -0.2) is 4.79 Å². The Morgan fingerprint density at radius 2 is 1.81 bits per heavy atom. The summed E-state index contributed by atoms with van der Waals surface area (Å²) in [6.07, 6.45) is 2.09. The smallest absolute Gasteiger partial charge is 0.319 e. The van der Waals surface area contributed by atoms with E-state index in [-0.39, 0.29) is 24.4 Å². The number of benzene rings is 1. The number of carbonyl (C=O) groups is 3. The third kappa shape index (κ3) is 4.78. The van der Waals surface area contributed by atoms with Gasteiger partial charge in [0.1, 0.15) is 12.1 Å². The average Bonchev–Trinajstić information content (AvgIpc) is 3.04. The number of urea groups is 1. The highest BCUT2D eigenvalue weighted by molar-refractivity contribution is 5.96. The van der Waals surface area contributed by atoms with Gasteiger partial charge in [0.15, 0.2) is 0 Å². The molecule has 31 heavy (non-hydrogen) atoms. The largest absolute Gasteiger partial charge is 0.354 e. The molecule has 2 saturated heterocycles. The predicted molar refractivity (Wildman–Crippen MR) is 121 cm³/mol. The van der Waals surface area contributed by atoms with E-state index in [1.807, 2.05) is 30.3 Å². The molecule has 1 spiro atoms. The van der Waals surface area contributed by atoms with Crippen LogP contribution >= 0.6 is 0 Å². The van der Waals surface area contributed by atoms with Crippen molar-refractivity contribution in [1.82, 2.24) is 20.0 Å². The fraction of sp³-hybridized carbons (Fsp3) is 0.609. The van der Waals surface area contributed by atoms with Gasteiger partial charge in [0.25, 0.3) is 5.91 Å². The molecule has 8 nitrogen and oxygen atoms in total. The third-order valence-electron chi connectivity index (χ3n) is 6.50. The van der Waals surface area contributed by atoms with E-state index >= 15 is 0 Å². The first-order chi connectivity index (χ1) is 14.8. The summed E-state index contributed by atoms with van der Waals surface area (Å²) in [5.74, 6) is 0.259. The van der Waals surface area contributed by atoms with Gasteiger partial charge in [-0.1, -0.05) is 38.5 Å². The summed E-state index contributed by atoms with van der Waals surface area (Å²) < 4.78 is 0. The van der Waals surface area contributed by atoms with Crippen molar-refractivity contribution in [3.8, 4) is 0 Å². The molecule has 0 radical (unpaired) electrons. The van der Waals surface area contributed by atoms with Gasteiger partial charge in [0.2, 0.25) is 5.91 Å². The molecule has 8 heteroatoms. The first kappa shape index (κ1) is 22.9. The Morgan fingerprint density at radius 3 is 2.39 bits per heavy atom. The molecule has 170 valence electrons. The van der Waals surface area contributed by atoms with Crippen LogP contribution in [-0.4, -0.2) is 85.0 Å². The molecule has 0 aromatic heterocycles. The Bertz CT molecular complexity index is 790. The second-order valence-electron chi connectivity index (χ2n) is 8.92. The molecule has 2 heterocycles. The van der Waals surface area contributed by atoms with E-state index in [0.717, 1.165) is 12.1 Å². The first-order valence-corrected chi connectivity index (χ1v) is 11.1. The number of hydrogen-bond donors (Lipinski definition) is 1. The summed E-state index contributed by atoms with van der Waals surface area (Å²) in [5, 5.41) is 2.95. The number of amides is 4. The number of hydrogen-bond acceptors (Lipinski definition) is 4. The molecule has 0 bridgehead atoms. The maximum absolute atomic E-state index is 13.6. The SMILES string of the molecule is CCC(C)CNC(=O)CN1CN(c2ccccc2)C2(CCN(C(=O)N(C)C)CC2)C1=O. The molecule has 1 N–H and O–H groups in total. The molecular formula is C23H35N5O3. The minimum absolute atomic E-state index is 0.0213. The van der Waals surface area contributed by atoms with E-state index in [1.165, 1.54) is 0 Å². The third-order valence-corrected chi connectivity index (χ3v) is 6.50. The average molecular weight is 430 g/mol. The number of carbonyl (C=O) groups excluding carboxylic acids is 3. The first-order valence-electron chi connectivity index (χ1n) is 11.1. The number of rotatable bonds is 6. The van der Waals surface area contributed by atoms with Crippen LogP contribution < -0.4 is 10.2 Å². The quantitative estimate of drug-likeness (QED) is 0.750. The fourth-order valence-electron chi connectivity index (χ4n) is 4.33. The Morgan fingerprint density at radius 1 is 1.16 bits per heavy atom. The second-order valence-corrected chi connectivity index (χ2v) is 8.92. The van der Waals surface area contributed by atoms with E-state index in [1.54, 1.807) is 28.8 Å². The standard InChI is InChI=1S/C23H35N5O3/c1-5-18(2)15-24-20(29)16-27-17-28(19-9-7-6-8-10-19)23(21(27)30)11-13-26(14-12-23)22(31)25(3)4/h6-10,18H,5,11-17H2,1-4H3,(H,24,29). The van der Waals surface area contributed by atoms with Crippen molar-refractivity contribution >= 4 is 23.5 Å². The highest BCUT2D eigenvalue weighted by Crippen LogP contribution is 2.39. The molecule has 3 rings (SSSR count). The van der Waals surface area contributed by atoms with E-state index in [9.17, 15) is 14.4 Å². The summed E-state index contributed by atoms with van der Waals surface area (Å²) in [7, 11) is 3.48. The van der Waals surface area contributed by atoms with E-state index in [4.69, 9.17) is 0 Å². The van der Waals surface area contributed by atoms with Crippen molar-refractivity contribution in [2.45, 2.75) is 38.6 Å². The van der Waals surface area contributed by atoms with Crippen LogP contribution in [0.25, 0.3) is 0 Å². The van der Waals surface area contributed by atoms with Gasteiger partial charge in [-0.2, -0.15) is 0 Å². The van der Waals surface area contributed by atoms with Gasteiger partial charge in [-0.3, -0.25) is 9.59 Å². The summed E-state index contributed by atoms with van der Waals surface area (Å²) in [5.41, 5.74) is 0.243. The summed E-state index contributed by atoms with van der Waals surface area (Å²) in [6.45, 7) is 6.26. The molecule has 1 aromatic carbocycles. The molecule has 1 unspecified atom stereocenters. The topological polar surface area (TPSA) is 76.2 Å². The van der Waals surface area contributed by atoms with Crippen LogP contribution in [0.3, 0.4) is 0 Å². The van der Waals surface area contributed by atoms with E-state index in [0.29, 0.717) is 45.1 Å². The Balaban J connectivity index is 1.77. The van der Waals surface area contributed by atoms with Gasteiger partial charge in [-0.15, -0.1) is 0 Å². The summed E-state index contributed by atoms with van der Waals surface area (Å²) >= 11 is 0. The van der Waals surface area contributed by atoms with E-state index in [2.05, 4.69) is 24.1 Å². The fourth-order valence-corrected chi connectivity index (χ4v) is 4.33. The van der Waals surface area contributed by atoms with Crippen LogP contribution in [0.5, 0.6) is 0 Å². The zero-order chi connectivity index (χ0) is 22.6. The van der Waals surface area contributed by atoms with Crippen molar-refractivity contribution in [3.63, 3.8) is 0 Å². The van der Waals surface area contributed by atoms with Crippen LogP contribution in [0.4, 0.5) is 10.5 Å². The van der Waals surface area contributed by atoms with Crippen molar-refractivity contribution in [2.24, 2.45) is 5.92 Å². The van der Waals surface area contributed by atoms with Crippen LogP contribution in [0.1, 0.15) is 33.1 Å². The zero-order valence-corrected chi connectivity index (χ0v) is 19.1. The lowest BCUT2D eigenvalue weighted by atomic mass is 9.85. The van der Waals surface area contributed by atoms with Gasteiger partial charge >= 0.3 is 6.03 Å². The number of para-hydroxylation sites is 1. The van der Waals surface area contributed by atoms with Crippen LogP contribution in [0.15, 0.2) is 30.3 Å². The maximum atomic E-state index is 13.6. The molecule has 0 saturated carbocycles. The molecular weight excluding hydrogens is 394 g/mol. The molecule has 1 atom stereocenters. The van der Waals surface area contributed by atoms with Crippen molar-refractivity contribution in [2.75, 3.05) is 51.8 Å². The highest BCUT2D eigenvalue weighted by atomic mass is 16.2. The number of nitrogens with zero attached hydrogens (tertiary/aromatic N) is 4. The van der Waals surface area contributed by atoms with Gasteiger partial charge in [0.05, 0.1) is 6.67 Å². The van der Waals surface area contributed by atoms with Crippen molar-refractivity contribution in [1.29, 1.82) is 0 Å². The lowest BCUT2D eigenvalue weighted by molar-refractivity contribution is -0.137. The number of likely N-dealkylation sites (tertiary alicyclic amines) is 1. The highest BCUT2D eigenvalue weighted by Gasteiger charge is 2.54. The van der Waals surface area contributed by atoms with Gasteiger partial charge in [0, 0.05) is 39.4 Å². The molecule has 4 amide bonds. The monoisotopic (exact) mass is 429 g/mol. The van der Waals surface area contributed by atoms with Crippen LogP contribution in [-0.2, 0) is 9.59 Å². The van der Waals surface area contributed by atoms with Gasteiger partial charge in [-0.05, 0) is 30.9 Å². The predicted octanol–water partition coefficient (Wildman–Crippen LogP) is 1.97. The molecule has 2 aliphatic heterocycles. The van der Waals surface area contributed by atoms with Crippen LogP contribution in [0, 0.1) is 5.92 Å². The summed E-state index contributed by atoms with van der Waals surface area (Å²) in [4.78, 5) is 45.6. The molecule has 0 aliphatic carbocycles. The van der Waals surface area contributed by atoms with Gasteiger partial charge < -0.3 is 24.9 Å².